The minimum Gasteiger partial charge on any atom is -0.494 e. The molecule has 4 aromatic rings. The normalized spacial score (nSPS) is 11.5. The molecular formula is C25H18Cl2N2O3. The first-order valence-corrected chi connectivity index (χ1v) is 10.5. The number of allylic oxidation sites excluding steroid dienone is 1. The Hall–Kier alpha value is -3.54. The number of aromatic nitrogens is 2. The maximum absolute atomic E-state index is 13.7. The van der Waals surface area contributed by atoms with Gasteiger partial charge in [0.05, 0.1) is 11.4 Å². The Balaban J connectivity index is 2.17. The highest BCUT2D eigenvalue weighted by Gasteiger charge is 2.26. The molecule has 160 valence electrons. The van der Waals surface area contributed by atoms with Crippen LogP contribution >= 0.6 is 23.2 Å². The maximum atomic E-state index is 13.7. The van der Waals surface area contributed by atoms with Gasteiger partial charge < -0.3 is 5.11 Å². The zero-order valence-corrected chi connectivity index (χ0v) is 18.5. The molecule has 32 heavy (non-hydrogen) atoms. The molecule has 0 amide bonds. The highest BCUT2D eigenvalue weighted by Crippen LogP contribution is 2.37. The molecule has 0 spiro atoms. The molecule has 0 radical (unpaired) electrons. The molecule has 0 saturated carbocycles. The molecule has 0 saturated heterocycles. The van der Waals surface area contributed by atoms with Crippen molar-refractivity contribution in [3.8, 4) is 17.3 Å². The van der Waals surface area contributed by atoms with E-state index in [-0.39, 0.29) is 5.56 Å². The predicted octanol–water partition coefficient (Wildman–Crippen LogP) is 5.45. The number of halogens is 2. The monoisotopic (exact) mass is 464 g/mol. The van der Waals surface area contributed by atoms with Gasteiger partial charge in [0, 0.05) is 15.6 Å². The molecule has 5 nitrogen and oxygen atoms in total. The summed E-state index contributed by atoms with van der Waals surface area (Å²) in [5.74, 6) is -0.498. The van der Waals surface area contributed by atoms with Crippen LogP contribution in [0.1, 0.15) is 18.1 Å². The average Bonchev–Trinajstić information content (AvgIpc) is 2.79. The van der Waals surface area contributed by atoms with Gasteiger partial charge in [0.1, 0.15) is 5.56 Å². The van der Waals surface area contributed by atoms with Crippen LogP contribution in [0.4, 0.5) is 0 Å². The third-order valence-electron chi connectivity index (χ3n) is 5.05. The molecule has 0 aliphatic heterocycles. The average molecular weight is 465 g/mol. The molecule has 7 heteroatoms. The van der Waals surface area contributed by atoms with E-state index < -0.39 is 17.1 Å². The van der Waals surface area contributed by atoms with E-state index in [4.69, 9.17) is 23.2 Å². The van der Waals surface area contributed by atoms with E-state index in [9.17, 15) is 14.7 Å². The summed E-state index contributed by atoms with van der Waals surface area (Å²) in [5.41, 5.74) is 0.0102. The standard InChI is InChI=1S/C25H18Cl2N2O3/c1-2-18(21-19(26)14-9-15-20(21)27)22-23(30)28(16-10-5-3-6-11-16)25(32)29(24(22)31)17-12-7-4-8-13-17/h2-15,30H,1H3/b18-2-. The van der Waals surface area contributed by atoms with Crippen molar-refractivity contribution in [3.63, 3.8) is 0 Å². The smallest absolute Gasteiger partial charge is 0.343 e. The lowest BCUT2D eigenvalue weighted by Gasteiger charge is -2.18. The number of hydrogen-bond acceptors (Lipinski definition) is 3. The summed E-state index contributed by atoms with van der Waals surface area (Å²) in [5, 5.41) is 11.9. The molecule has 0 fully saturated rings. The van der Waals surface area contributed by atoms with Gasteiger partial charge in [-0.3, -0.25) is 4.79 Å². The summed E-state index contributed by atoms with van der Waals surface area (Å²) in [6.07, 6.45) is 1.64. The summed E-state index contributed by atoms with van der Waals surface area (Å²) in [7, 11) is 0. The molecule has 1 heterocycles. The lowest BCUT2D eigenvalue weighted by atomic mass is 9.98. The van der Waals surface area contributed by atoms with Crippen LogP contribution in [0, 0.1) is 0 Å². The number of rotatable bonds is 4. The Bertz CT molecular complexity index is 1420. The van der Waals surface area contributed by atoms with E-state index in [1.165, 1.54) is 0 Å². The first-order chi connectivity index (χ1) is 15.5. The fraction of sp³-hybridized carbons (Fsp3) is 0.0400. The summed E-state index contributed by atoms with van der Waals surface area (Å²) in [6, 6.07) is 22.1. The van der Waals surface area contributed by atoms with Crippen LogP contribution in [0.2, 0.25) is 10.0 Å². The van der Waals surface area contributed by atoms with E-state index in [1.54, 1.807) is 91.9 Å². The molecule has 0 aliphatic rings. The number of nitrogens with zero attached hydrogens (tertiary/aromatic N) is 2. The molecule has 0 bridgehead atoms. The second-order valence-corrected chi connectivity index (χ2v) is 7.74. The van der Waals surface area contributed by atoms with Gasteiger partial charge in [0.15, 0.2) is 0 Å². The quantitative estimate of drug-likeness (QED) is 0.436. The van der Waals surface area contributed by atoms with Crippen molar-refractivity contribution in [1.82, 2.24) is 9.13 Å². The molecule has 0 unspecified atom stereocenters. The van der Waals surface area contributed by atoms with Crippen LogP contribution in [-0.4, -0.2) is 14.2 Å². The fourth-order valence-electron chi connectivity index (χ4n) is 3.62. The van der Waals surface area contributed by atoms with E-state index in [2.05, 4.69) is 0 Å². The van der Waals surface area contributed by atoms with E-state index in [0.717, 1.165) is 9.13 Å². The summed E-state index contributed by atoms with van der Waals surface area (Å²) >= 11 is 12.8. The van der Waals surface area contributed by atoms with Crippen LogP contribution in [0.3, 0.4) is 0 Å². The lowest BCUT2D eigenvalue weighted by molar-refractivity contribution is 0.426. The van der Waals surface area contributed by atoms with E-state index >= 15 is 0 Å². The minimum atomic E-state index is -0.700. The zero-order chi connectivity index (χ0) is 22.8. The second-order valence-electron chi connectivity index (χ2n) is 6.93. The third kappa shape index (κ3) is 3.66. The first kappa shape index (κ1) is 21.7. The topological polar surface area (TPSA) is 64.2 Å². The molecule has 3 aromatic carbocycles. The SMILES string of the molecule is C/C=C(/c1c(Cl)cccc1Cl)c1c(O)n(-c2ccccc2)c(=O)n(-c2ccccc2)c1=O. The number of aromatic hydroxyl groups is 1. The van der Waals surface area contributed by atoms with Crippen molar-refractivity contribution in [2.75, 3.05) is 0 Å². The van der Waals surface area contributed by atoms with Gasteiger partial charge >= 0.3 is 5.69 Å². The minimum absolute atomic E-state index is 0.0881. The molecule has 1 aromatic heterocycles. The number of hydrogen-bond donors (Lipinski definition) is 1. The van der Waals surface area contributed by atoms with Gasteiger partial charge in [-0.1, -0.05) is 71.7 Å². The van der Waals surface area contributed by atoms with Crippen molar-refractivity contribution in [3.05, 3.63) is 127 Å². The van der Waals surface area contributed by atoms with Crippen LogP contribution < -0.4 is 11.2 Å². The fourth-order valence-corrected chi connectivity index (χ4v) is 4.22. The van der Waals surface area contributed by atoms with Crippen molar-refractivity contribution in [1.29, 1.82) is 0 Å². The zero-order valence-electron chi connectivity index (χ0n) is 17.0. The summed E-state index contributed by atoms with van der Waals surface area (Å²) < 4.78 is 2.12. The van der Waals surface area contributed by atoms with Crippen LogP contribution in [-0.2, 0) is 0 Å². The van der Waals surface area contributed by atoms with Crippen LogP contribution in [0.15, 0.2) is 94.5 Å². The van der Waals surface area contributed by atoms with Gasteiger partial charge in [-0.2, -0.15) is 0 Å². The Morgan fingerprint density at radius 2 is 1.25 bits per heavy atom. The summed E-state index contributed by atoms with van der Waals surface area (Å²) in [6.45, 7) is 1.71. The van der Waals surface area contributed by atoms with Crippen LogP contribution in [0.25, 0.3) is 16.9 Å². The van der Waals surface area contributed by atoms with Gasteiger partial charge in [0.25, 0.3) is 5.56 Å². The Morgan fingerprint density at radius 3 is 1.75 bits per heavy atom. The van der Waals surface area contributed by atoms with Crippen molar-refractivity contribution < 1.29 is 5.11 Å². The van der Waals surface area contributed by atoms with Crippen LogP contribution in [0.5, 0.6) is 5.88 Å². The predicted molar refractivity (Wildman–Crippen MR) is 129 cm³/mol. The Labute approximate surface area is 194 Å². The molecule has 0 atom stereocenters. The van der Waals surface area contributed by atoms with E-state index in [1.807, 2.05) is 0 Å². The van der Waals surface area contributed by atoms with Gasteiger partial charge in [-0.25, -0.2) is 13.9 Å². The Morgan fingerprint density at radius 1 is 0.750 bits per heavy atom. The largest absolute Gasteiger partial charge is 0.494 e. The van der Waals surface area contributed by atoms with E-state index in [0.29, 0.717) is 32.6 Å². The van der Waals surface area contributed by atoms with Crippen molar-refractivity contribution in [2.24, 2.45) is 0 Å². The van der Waals surface area contributed by atoms with Crippen molar-refractivity contribution in [2.45, 2.75) is 6.92 Å². The Kier molecular flexibility index (Phi) is 6.04. The molecule has 4 rings (SSSR count). The summed E-state index contributed by atoms with van der Waals surface area (Å²) in [4.78, 5) is 27.1. The van der Waals surface area contributed by atoms with Crippen molar-refractivity contribution >= 4 is 28.8 Å². The van der Waals surface area contributed by atoms with Gasteiger partial charge in [-0.05, 0) is 48.9 Å². The number of para-hydroxylation sites is 2. The molecule has 0 aliphatic carbocycles. The third-order valence-corrected chi connectivity index (χ3v) is 5.68. The number of benzene rings is 3. The second kappa shape index (κ2) is 8.91. The molecular weight excluding hydrogens is 447 g/mol. The highest BCUT2D eigenvalue weighted by molar-refractivity contribution is 6.38. The highest BCUT2D eigenvalue weighted by atomic mass is 35.5. The van der Waals surface area contributed by atoms with Gasteiger partial charge in [-0.15, -0.1) is 0 Å². The first-order valence-electron chi connectivity index (χ1n) is 9.78. The maximum Gasteiger partial charge on any atom is 0.343 e. The molecule has 1 N–H and O–H groups in total. The lowest BCUT2D eigenvalue weighted by Crippen LogP contribution is -2.40. The van der Waals surface area contributed by atoms with Gasteiger partial charge in [0.2, 0.25) is 5.88 Å².